The van der Waals surface area contributed by atoms with E-state index >= 15 is 0 Å². The Balaban J connectivity index is 2.94. The van der Waals surface area contributed by atoms with Crippen molar-refractivity contribution in [1.29, 1.82) is 0 Å². The van der Waals surface area contributed by atoms with E-state index < -0.39 is 24.8 Å². The molecule has 0 spiro atoms. The Bertz CT molecular complexity index is 404. The summed E-state index contributed by atoms with van der Waals surface area (Å²) in [6.07, 6.45) is -0.760. The predicted molar refractivity (Wildman–Crippen MR) is 49.7 cm³/mol. The van der Waals surface area contributed by atoms with Gasteiger partial charge in [0.15, 0.2) is 5.78 Å². The minimum Gasteiger partial charge on any atom is -0.481 e. The summed E-state index contributed by atoms with van der Waals surface area (Å²) in [6, 6.07) is 5.27. The Hall–Kier alpha value is -1.98. The van der Waals surface area contributed by atoms with Gasteiger partial charge >= 0.3 is 12.6 Å². The van der Waals surface area contributed by atoms with Crippen molar-refractivity contribution in [3.63, 3.8) is 0 Å². The lowest BCUT2D eigenvalue weighted by molar-refractivity contribution is -0.135. The third kappa shape index (κ3) is 3.30. The first-order valence-electron chi connectivity index (χ1n) is 4.29. The number of para-hydroxylation sites is 1. The molecular weight excluding hydrogens is 222 g/mol. The van der Waals surface area contributed by atoms with Crippen LogP contribution in [0.2, 0.25) is 0 Å². The van der Waals surface area contributed by atoms with E-state index in [2.05, 4.69) is 4.74 Å². The molecule has 0 atom stereocenters. The second-order valence-electron chi connectivity index (χ2n) is 2.87. The number of carboxylic acid groups (broad SMARTS) is 1. The van der Waals surface area contributed by atoms with Crippen LogP contribution in [0.15, 0.2) is 24.3 Å². The van der Waals surface area contributed by atoms with Crippen LogP contribution < -0.4 is 4.74 Å². The van der Waals surface area contributed by atoms with Crippen molar-refractivity contribution in [1.82, 2.24) is 0 Å². The highest BCUT2D eigenvalue weighted by molar-refractivity contribution is 6.07. The van der Waals surface area contributed by atoms with E-state index in [4.69, 9.17) is 5.11 Å². The van der Waals surface area contributed by atoms with Crippen molar-refractivity contribution in [2.24, 2.45) is 0 Å². The molecule has 0 bridgehead atoms. The van der Waals surface area contributed by atoms with Crippen molar-refractivity contribution in [2.75, 3.05) is 0 Å². The molecule has 0 saturated carbocycles. The largest absolute Gasteiger partial charge is 0.481 e. The number of Topliss-reactive ketones (excluding diaryl/α,β-unsaturated/α-hetero) is 1. The molecule has 1 aromatic carbocycles. The number of halogens is 2. The SMILES string of the molecule is O=C(O)CC(=O)c1ccccc1OC(F)F. The highest BCUT2D eigenvalue weighted by atomic mass is 19.3. The average Bonchev–Trinajstić information content (AvgIpc) is 2.16. The van der Waals surface area contributed by atoms with Crippen LogP contribution in [-0.2, 0) is 4.79 Å². The highest BCUT2D eigenvalue weighted by Gasteiger charge is 2.17. The number of carbonyl (C=O) groups excluding carboxylic acids is 1. The van der Waals surface area contributed by atoms with Crippen LogP contribution in [0.25, 0.3) is 0 Å². The zero-order valence-corrected chi connectivity index (χ0v) is 8.02. The van der Waals surface area contributed by atoms with Crippen LogP contribution in [0.4, 0.5) is 8.78 Å². The van der Waals surface area contributed by atoms with Gasteiger partial charge < -0.3 is 9.84 Å². The molecule has 6 heteroatoms. The van der Waals surface area contributed by atoms with Gasteiger partial charge in [0, 0.05) is 0 Å². The summed E-state index contributed by atoms with van der Waals surface area (Å²) in [5, 5.41) is 8.41. The molecule has 0 aliphatic carbocycles. The van der Waals surface area contributed by atoms with Gasteiger partial charge in [0.25, 0.3) is 0 Å². The fourth-order valence-electron chi connectivity index (χ4n) is 1.13. The number of carbonyl (C=O) groups is 2. The average molecular weight is 230 g/mol. The third-order valence-corrected chi connectivity index (χ3v) is 1.72. The van der Waals surface area contributed by atoms with Crippen LogP contribution in [0.1, 0.15) is 16.8 Å². The summed E-state index contributed by atoms with van der Waals surface area (Å²) in [5.74, 6) is -2.41. The second-order valence-corrected chi connectivity index (χ2v) is 2.87. The lowest BCUT2D eigenvalue weighted by Crippen LogP contribution is -2.11. The first-order valence-corrected chi connectivity index (χ1v) is 4.29. The molecule has 1 aromatic rings. The van der Waals surface area contributed by atoms with E-state index in [0.717, 1.165) is 0 Å². The minimum absolute atomic E-state index is 0.162. The number of rotatable bonds is 5. The predicted octanol–water partition coefficient (Wildman–Crippen LogP) is 1.95. The lowest BCUT2D eigenvalue weighted by Gasteiger charge is -2.08. The summed E-state index contributed by atoms with van der Waals surface area (Å²) in [6.45, 7) is -3.06. The quantitative estimate of drug-likeness (QED) is 0.620. The molecule has 0 aromatic heterocycles. The molecule has 0 unspecified atom stereocenters. The van der Waals surface area contributed by atoms with Crippen molar-refractivity contribution < 1.29 is 28.2 Å². The van der Waals surface area contributed by atoms with Crippen molar-refractivity contribution in [2.45, 2.75) is 13.0 Å². The molecule has 86 valence electrons. The number of benzene rings is 1. The maximum Gasteiger partial charge on any atom is 0.387 e. The van der Waals surface area contributed by atoms with Crippen LogP contribution in [0.3, 0.4) is 0 Å². The molecule has 0 heterocycles. The lowest BCUT2D eigenvalue weighted by atomic mass is 10.1. The summed E-state index contributed by atoms with van der Waals surface area (Å²) in [4.78, 5) is 21.7. The van der Waals surface area contributed by atoms with Crippen molar-refractivity contribution in [3.05, 3.63) is 29.8 Å². The van der Waals surface area contributed by atoms with E-state index in [9.17, 15) is 18.4 Å². The zero-order valence-electron chi connectivity index (χ0n) is 8.02. The van der Waals surface area contributed by atoms with E-state index in [1.165, 1.54) is 24.3 Å². The normalized spacial score (nSPS) is 10.2. The van der Waals surface area contributed by atoms with Crippen LogP contribution in [0, 0.1) is 0 Å². The zero-order chi connectivity index (χ0) is 12.1. The van der Waals surface area contributed by atoms with Crippen LogP contribution in [-0.4, -0.2) is 23.5 Å². The van der Waals surface area contributed by atoms with Crippen LogP contribution >= 0.6 is 0 Å². The Morgan fingerprint density at radius 1 is 1.31 bits per heavy atom. The minimum atomic E-state index is -3.06. The second kappa shape index (κ2) is 5.20. The van der Waals surface area contributed by atoms with E-state index in [-0.39, 0.29) is 11.3 Å². The number of hydrogen-bond acceptors (Lipinski definition) is 3. The van der Waals surface area contributed by atoms with Gasteiger partial charge in [0.05, 0.1) is 5.56 Å². The number of hydrogen-bond donors (Lipinski definition) is 1. The van der Waals surface area contributed by atoms with Gasteiger partial charge in [-0.2, -0.15) is 8.78 Å². The van der Waals surface area contributed by atoms with Gasteiger partial charge in [0.2, 0.25) is 0 Å². The van der Waals surface area contributed by atoms with E-state index in [1.54, 1.807) is 0 Å². The summed E-state index contributed by atoms with van der Waals surface area (Å²) < 4.78 is 28.1. The van der Waals surface area contributed by atoms with Crippen molar-refractivity contribution >= 4 is 11.8 Å². The van der Waals surface area contributed by atoms with Gasteiger partial charge in [-0.05, 0) is 12.1 Å². The summed E-state index contributed by atoms with van der Waals surface area (Å²) in [5.41, 5.74) is -0.162. The molecule has 0 radical (unpaired) electrons. The molecule has 1 rings (SSSR count). The van der Waals surface area contributed by atoms with Gasteiger partial charge in [-0.3, -0.25) is 9.59 Å². The molecule has 4 nitrogen and oxygen atoms in total. The highest BCUT2D eigenvalue weighted by Crippen LogP contribution is 2.21. The molecular formula is C10H8F2O4. The van der Waals surface area contributed by atoms with Gasteiger partial charge in [0.1, 0.15) is 12.2 Å². The number of ketones is 1. The fourth-order valence-corrected chi connectivity index (χ4v) is 1.13. The third-order valence-electron chi connectivity index (χ3n) is 1.72. The fraction of sp³-hybridized carbons (Fsp3) is 0.200. The molecule has 0 fully saturated rings. The van der Waals surface area contributed by atoms with Gasteiger partial charge in [-0.25, -0.2) is 0 Å². The van der Waals surface area contributed by atoms with Gasteiger partial charge in [-0.1, -0.05) is 12.1 Å². The van der Waals surface area contributed by atoms with Crippen molar-refractivity contribution in [3.8, 4) is 5.75 Å². The Morgan fingerprint density at radius 3 is 2.50 bits per heavy atom. The van der Waals surface area contributed by atoms with Gasteiger partial charge in [-0.15, -0.1) is 0 Å². The molecule has 0 aliphatic heterocycles. The topological polar surface area (TPSA) is 63.6 Å². The summed E-state index contributed by atoms with van der Waals surface area (Å²) in [7, 11) is 0. The molecule has 0 saturated heterocycles. The Morgan fingerprint density at radius 2 is 1.94 bits per heavy atom. The van der Waals surface area contributed by atoms with E-state index in [1.807, 2.05) is 0 Å². The first kappa shape index (κ1) is 12.1. The summed E-state index contributed by atoms with van der Waals surface area (Å²) >= 11 is 0. The first-order chi connectivity index (χ1) is 7.50. The number of carboxylic acids is 1. The molecule has 0 amide bonds. The Labute approximate surface area is 89.5 Å². The number of ether oxygens (including phenoxy) is 1. The monoisotopic (exact) mass is 230 g/mol. The molecule has 1 N–H and O–H groups in total. The van der Waals surface area contributed by atoms with Crippen LogP contribution in [0.5, 0.6) is 5.75 Å². The maximum atomic E-state index is 12.0. The van der Waals surface area contributed by atoms with E-state index in [0.29, 0.717) is 0 Å². The number of alkyl halides is 2. The Kier molecular flexibility index (Phi) is 3.93. The number of aliphatic carboxylic acids is 1. The maximum absolute atomic E-state index is 12.0. The molecule has 16 heavy (non-hydrogen) atoms. The molecule has 0 aliphatic rings. The smallest absolute Gasteiger partial charge is 0.387 e. The standard InChI is InChI=1S/C10H8F2O4/c11-10(12)16-8-4-2-1-3-6(8)7(13)5-9(14)15/h1-4,10H,5H2,(H,14,15).